The second kappa shape index (κ2) is 8.70. The summed E-state index contributed by atoms with van der Waals surface area (Å²) in [6.45, 7) is 1.36. The summed E-state index contributed by atoms with van der Waals surface area (Å²) in [6, 6.07) is 8.34. The molecule has 0 bridgehead atoms. The van der Waals surface area contributed by atoms with E-state index in [-0.39, 0.29) is 27.6 Å². The van der Waals surface area contributed by atoms with Crippen LogP contribution in [0.3, 0.4) is 0 Å². The second-order valence-electron chi connectivity index (χ2n) is 5.40. The molecule has 1 unspecified atom stereocenters. The lowest BCUT2D eigenvalue weighted by Gasteiger charge is -2.14. The first kappa shape index (κ1) is 20.5. The van der Waals surface area contributed by atoms with Crippen LogP contribution in [0.2, 0.25) is 10.0 Å². The van der Waals surface area contributed by atoms with Crippen molar-refractivity contribution in [2.45, 2.75) is 13.0 Å². The molecule has 27 heavy (non-hydrogen) atoms. The summed E-state index contributed by atoms with van der Waals surface area (Å²) >= 11 is 11.8. The number of ether oxygens (including phenoxy) is 1. The van der Waals surface area contributed by atoms with Crippen LogP contribution in [0.25, 0.3) is 0 Å². The molecular formula is C17H15Cl2N3O5. The van der Waals surface area contributed by atoms with E-state index in [2.05, 4.69) is 10.6 Å². The van der Waals surface area contributed by atoms with Crippen molar-refractivity contribution in [3.8, 4) is 0 Å². The van der Waals surface area contributed by atoms with E-state index in [1.807, 2.05) is 0 Å². The van der Waals surface area contributed by atoms with Crippen molar-refractivity contribution in [2.75, 3.05) is 17.7 Å². The Balaban J connectivity index is 2.10. The third kappa shape index (κ3) is 5.08. The lowest BCUT2D eigenvalue weighted by molar-refractivity contribution is -0.384. The molecule has 2 aromatic rings. The van der Waals surface area contributed by atoms with Crippen LogP contribution < -0.4 is 10.6 Å². The first-order valence-corrected chi connectivity index (χ1v) is 8.41. The molecule has 8 nitrogen and oxygen atoms in total. The molecule has 0 saturated heterocycles. The monoisotopic (exact) mass is 411 g/mol. The van der Waals surface area contributed by atoms with E-state index in [0.29, 0.717) is 5.02 Å². The molecule has 1 amide bonds. The van der Waals surface area contributed by atoms with Crippen molar-refractivity contribution in [1.29, 1.82) is 0 Å². The zero-order chi connectivity index (χ0) is 20.1. The van der Waals surface area contributed by atoms with Gasteiger partial charge in [0.15, 0.2) is 6.10 Å². The third-order valence-corrected chi connectivity index (χ3v) is 4.10. The van der Waals surface area contributed by atoms with Gasteiger partial charge >= 0.3 is 5.97 Å². The number of nitro groups is 1. The molecule has 0 spiro atoms. The number of benzene rings is 2. The Hall–Kier alpha value is -2.84. The van der Waals surface area contributed by atoms with Crippen LogP contribution in [0, 0.1) is 10.1 Å². The van der Waals surface area contributed by atoms with Gasteiger partial charge in [-0.1, -0.05) is 23.2 Å². The van der Waals surface area contributed by atoms with Crippen molar-refractivity contribution >= 4 is 52.1 Å². The average Bonchev–Trinajstić information content (AvgIpc) is 2.63. The Morgan fingerprint density at radius 1 is 1.15 bits per heavy atom. The molecule has 0 aliphatic heterocycles. The van der Waals surface area contributed by atoms with Gasteiger partial charge in [-0.15, -0.1) is 0 Å². The van der Waals surface area contributed by atoms with Crippen LogP contribution >= 0.6 is 23.2 Å². The maximum Gasteiger partial charge on any atom is 0.339 e. The maximum absolute atomic E-state index is 12.2. The minimum atomic E-state index is -1.17. The number of carbonyl (C=O) groups is 2. The van der Waals surface area contributed by atoms with E-state index < -0.39 is 22.9 Å². The highest BCUT2D eigenvalue weighted by atomic mass is 35.5. The van der Waals surface area contributed by atoms with Crippen LogP contribution in [0.15, 0.2) is 36.4 Å². The topological polar surface area (TPSA) is 111 Å². The fourth-order valence-electron chi connectivity index (χ4n) is 2.13. The molecule has 0 radical (unpaired) electrons. The van der Waals surface area contributed by atoms with Gasteiger partial charge in [-0.25, -0.2) is 4.79 Å². The Bertz CT molecular complexity index is 904. The molecule has 142 valence electrons. The van der Waals surface area contributed by atoms with Crippen molar-refractivity contribution in [3.63, 3.8) is 0 Å². The molecule has 0 aromatic heterocycles. The van der Waals surface area contributed by atoms with Gasteiger partial charge in [-0.3, -0.25) is 14.9 Å². The highest BCUT2D eigenvalue weighted by Gasteiger charge is 2.22. The Morgan fingerprint density at radius 2 is 1.85 bits per heavy atom. The molecule has 0 aliphatic rings. The molecule has 10 heteroatoms. The standard InChI is InChI=1S/C17H15Cl2N3O5/c1-9(16(23)21-14-8-11(18)4-5-12(14)19)27-17(24)10-3-6-13(20-2)15(7-10)22(25)26/h3-9,20H,1-2H3,(H,21,23). The average molecular weight is 412 g/mol. The lowest BCUT2D eigenvalue weighted by Crippen LogP contribution is -2.30. The number of amides is 1. The maximum atomic E-state index is 12.2. The number of nitrogens with one attached hydrogen (secondary N) is 2. The van der Waals surface area contributed by atoms with Crippen LogP contribution in [0.1, 0.15) is 17.3 Å². The fourth-order valence-corrected chi connectivity index (χ4v) is 2.47. The van der Waals surface area contributed by atoms with Crippen LogP contribution in [-0.2, 0) is 9.53 Å². The predicted molar refractivity (Wildman–Crippen MR) is 103 cm³/mol. The summed E-state index contributed by atoms with van der Waals surface area (Å²) in [5, 5.41) is 16.9. The highest BCUT2D eigenvalue weighted by molar-refractivity contribution is 6.35. The SMILES string of the molecule is CNc1ccc(C(=O)OC(C)C(=O)Nc2cc(Cl)ccc2Cl)cc1[N+](=O)[O-]. The minimum absolute atomic E-state index is 0.0545. The van der Waals surface area contributed by atoms with E-state index in [0.717, 1.165) is 6.07 Å². The van der Waals surface area contributed by atoms with Gasteiger partial charge < -0.3 is 15.4 Å². The number of anilines is 2. The number of hydrogen-bond acceptors (Lipinski definition) is 6. The Labute approximate surface area is 164 Å². The van der Waals surface area contributed by atoms with Gasteiger partial charge in [0, 0.05) is 18.1 Å². The molecular weight excluding hydrogens is 397 g/mol. The van der Waals surface area contributed by atoms with E-state index in [1.165, 1.54) is 38.2 Å². The summed E-state index contributed by atoms with van der Waals surface area (Å²) in [7, 11) is 1.52. The van der Waals surface area contributed by atoms with Gasteiger partial charge in [-0.2, -0.15) is 0 Å². The van der Waals surface area contributed by atoms with E-state index in [1.54, 1.807) is 6.07 Å². The first-order chi connectivity index (χ1) is 12.7. The van der Waals surface area contributed by atoms with Crippen LogP contribution in [-0.4, -0.2) is 30.0 Å². The first-order valence-electron chi connectivity index (χ1n) is 7.66. The highest BCUT2D eigenvalue weighted by Crippen LogP contribution is 2.27. The summed E-state index contributed by atoms with van der Waals surface area (Å²) in [5.41, 5.74) is 0.180. The number of nitrogens with zero attached hydrogens (tertiary/aromatic N) is 1. The molecule has 2 rings (SSSR count). The number of esters is 1. The summed E-state index contributed by atoms with van der Waals surface area (Å²) in [6.07, 6.45) is -1.17. The smallest absolute Gasteiger partial charge is 0.339 e. The number of hydrogen-bond donors (Lipinski definition) is 2. The zero-order valence-corrected chi connectivity index (χ0v) is 15.8. The zero-order valence-electron chi connectivity index (χ0n) is 14.3. The fraction of sp³-hybridized carbons (Fsp3) is 0.176. The summed E-state index contributed by atoms with van der Waals surface area (Å²) in [5.74, 6) is -1.51. The number of nitro benzene ring substituents is 1. The van der Waals surface area contributed by atoms with Gasteiger partial charge in [0.1, 0.15) is 5.69 Å². The Morgan fingerprint density at radius 3 is 2.48 bits per heavy atom. The lowest BCUT2D eigenvalue weighted by atomic mass is 10.1. The van der Waals surface area contributed by atoms with E-state index in [9.17, 15) is 19.7 Å². The molecule has 0 fully saturated rings. The molecule has 1 atom stereocenters. The van der Waals surface area contributed by atoms with Crippen molar-refractivity contribution in [1.82, 2.24) is 0 Å². The van der Waals surface area contributed by atoms with Crippen molar-refractivity contribution in [3.05, 3.63) is 62.1 Å². The predicted octanol–water partition coefficient (Wildman–Crippen LogP) is 4.13. The van der Waals surface area contributed by atoms with Gasteiger partial charge in [0.25, 0.3) is 11.6 Å². The largest absolute Gasteiger partial charge is 0.449 e. The second-order valence-corrected chi connectivity index (χ2v) is 6.24. The molecule has 2 aromatic carbocycles. The van der Waals surface area contributed by atoms with E-state index >= 15 is 0 Å². The van der Waals surface area contributed by atoms with Crippen LogP contribution in [0.5, 0.6) is 0 Å². The molecule has 2 N–H and O–H groups in total. The summed E-state index contributed by atoms with van der Waals surface area (Å²) < 4.78 is 5.08. The number of carbonyl (C=O) groups excluding carboxylic acids is 2. The Kier molecular flexibility index (Phi) is 6.59. The van der Waals surface area contributed by atoms with Gasteiger partial charge in [-0.05, 0) is 37.3 Å². The number of halogens is 2. The third-order valence-electron chi connectivity index (χ3n) is 3.54. The minimum Gasteiger partial charge on any atom is -0.449 e. The number of rotatable bonds is 6. The van der Waals surface area contributed by atoms with E-state index in [4.69, 9.17) is 27.9 Å². The molecule has 0 saturated carbocycles. The van der Waals surface area contributed by atoms with Crippen LogP contribution in [0.4, 0.5) is 17.1 Å². The van der Waals surface area contributed by atoms with Gasteiger partial charge in [0.05, 0.1) is 21.2 Å². The molecule has 0 heterocycles. The normalized spacial score (nSPS) is 11.4. The summed E-state index contributed by atoms with van der Waals surface area (Å²) in [4.78, 5) is 34.9. The van der Waals surface area contributed by atoms with Gasteiger partial charge in [0.2, 0.25) is 0 Å². The molecule has 0 aliphatic carbocycles. The van der Waals surface area contributed by atoms with Crippen molar-refractivity contribution in [2.24, 2.45) is 0 Å². The van der Waals surface area contributed by atoms with Crippen molar-refractivity contribution < 1.29 is 19.2 Å². The quantitative estimate of drug-likeness (QED) is 0.419.